The van der Waals surface area contributed by atoms with E-state index >= 15 is 0 Å². The third kappa shape index (κ3) is 2.96. The highest BCUT2D eigenvalue weighted by molar-refractivity contribution is 8.13. The van der Waals surface area contributed by atoms with Gasteiger partial charge in [-0.15, -0.1) is 6.58 Å². The number of hydrogen-bond donors (Lipinski definition) is 0. The Morgan fingerprint density at radius 1 is 1.47 bits per heavy atom. The summed E-state index contributed by atoms with van der Waals surface area (Å²) in [5, 5.41) is 0.159. The van der Waals surface area contributed by atoms with Crippen molar-refractivity contribution in [2.24, 2.45) is 5.41 Å². The second-order valence-electron chi connectivity index (χ2n) is 3.68. The first-order chi connectivity index (χ1) is 7.12. The van der Waals surface area contributed by atoms with E-state index in [4.69, 9.17) is 0 Å². The van der Waals surface area contributed by atoms with Crippen LogP contribution in [0.25, 0.3) is 0 Å². The maximum atomic E-state index is 12.0. The van der Waals surface area contributed by atoms with Crippen LogP contribution >= 0.6 is 11.8 Å². The molecule has 1 aromatic rings. The van der Waals surface area contributed by atoms with E-state index in [0.717, 1.165) is 11.3 Å². The van der Waals surface area contributed by atoms with Gasteiger partial charge < -0.3 is 0 Å². The highest BCUT2D eigenvalue weighted by Crippen LogP contribution is 2.33. The lowest BCUT2D eigenvalue weighted by atomic mass is 9.90. The molecule has 0 aliphatic carbocycles. The van der Waals surface area contributed by atoms with E-state index in [1.165, 1.54) is 11.8 Å². The molecule has 0 heterocycles. The SMILES string of the molecule is C=CC(C)(CC)C(=O)Sc1ccccc1. The van der Waals surface area contributed by atoms with Gasteiger partial charge in [0.15, 0.2) is 0 Å². The van der Waals surface area contributed by atoms with Crippen molar-refractivity contribution in [2.75, 3.05) is 0 Å². The van der Waals surface area contributed by atoms with Crippen LogP contribution in [-0.2, 0) is 4.79 Å². The molecule has 0 saturated heterocycles. The average molecular weight is 220 g/mol. The first kappa shape index (κ1) is 12.1. The number of rotatable bonds is 4. The molecule has 15 heavy (non-hydrogen) atoms. The van der Waals surface area contributed by atoms with Crippen LogP contribution in [0, 0.1) is 5.41 Å². The van der Waals surface area contributed by atoms with Crippen molar-refractivity contribution in [1.82, 2.24) is 0 Å². The molecule has 1 atom stereocenters. The monoisotopic (exact) mass is 220 g/mol. The summed E-state index contributed by atoms with van der Waals surface area (Å²) in [5.74, 6) is 0. The average Bonchev–Trinajstić information content (AvgIpc) is 2.29. The van der Waals surface area contributed by atoms with Crippen LogP contribution in [0.1, 0.15) is 20.3 Å². The third-order valence-electron chi connectivity index (χ3n) is 2.61. The molecule has 1 aromatic carbocycles. The lowest BCUT2D eigenvalue weighted by Crippen LogP contribution is -2.21. The van der Waals surface area contributed by atoms with Gasteiger partial charge in [0.2, 0.25) is 5.12 Å². The number of benzene rings is 1. The molecule has 0 fully saturated rings. The molecule has 0 bridgehead atoms. The topological polar surface area (TPSA) is 17.1 Å². The predicted octanol–water partition coefficient (Wildman–Crippen LogP) is 3.91. The van der Waals surface area contributed by atoms with E-state index in [2.05, 4.69) is 6.58 Å². The molecule has 0 aromatic heterocycles. The fourth-order valence-electron chi connectivity index (χ4n) is 1.08. The van der Waals surface area contributed by atoms with Crippen molar-refractivity contribution in [3.05, 3.63) is 43.0 Å². The minimum absolute atomic E-state index is 0.159. The molecule has 0 aliphatic heterocycles. The minimum atomic E-state index is -0.416. The van der Waals surface area contributed by atoms with Crippen LogP contribution in [0.15, 0.2) is 47.9 Å². The van der Waals surface area contributed by atoms with Gasteiger partial charge in [0.05, 0.1) is 5.41 Å². The first-order valence-electron chi connectivity index (χ1n) is 5.03. The normalized spacial score (nSPS) is 14.3. The zero-order valence-electron chi connectivity index (χ0n) is 9.19. The molecule has 0 aliphatic rings. The van der Waals surface area contributed by atoms with E-state index < -0.39 is 5.41 Å². The van der Waals surface area contributed by atoms with Crippen molar-refractivity contribution < 1.29 is 4.79 Å². The van der Waals surface area contributed by atoms with E-state index in [1.54, 1.807) is 6.08 Å². The van der Waals surface area contributed by atoms with Crippen LogP contribution < -0.4 is 0 Å². The number of carbonyl (C=O) groups excluding carboxylic acids is 1. The number of carbonyl (C=O) groups is 1. The van der Waals surface area contributed by atoms with Gasteiger partial charge in [-0.2, -0.15) is 0 Å². The summed E-state index contributed by atoms with van der Waals surface area (Å²) in [4.78, 5) is 13.0. The molecule has 80 valence electrons. The molecule has 0 spiro atoms. The van der Waals surface area contributed by atoms with E-state index in [9.17, 15) is 4.79 Å². The van der Waals surface area contributed by atoms with Crippen molar-refractivity contribution in [3.8, 4) is 0 Å². The quantitative estimate of drug-likeness (QED) is 0.565. The van der Waals surface area contributed by atoms with Crippen LogP contribution in [0.3, 0.4) is 0 Å². The first-order valence-corrected chi connectivity index (χ1v) is 5.85. The second-order valence-corrected chi connectivity index (χ2v) is 4.72. The maximum absolute atomic E-state index is 12.0. The number of thioether (sulfide) groups is 1. The standard InChI is InChI=1S/C13H16OS/c1-4-13(3,5-2)12(14)15-11-9-7-6-8-10-11/h4,6-10H,1,5H2,2-3H3. The smallest absolute Gasteiger partial charge is 0.203 e. The third-order valence-corrected chi connectivity index (χ3v) is 3.76. The van der Waals surface area contributed by atoms with E-state index in [1.807, 2.05) is 44.2 Å². The molecular formula is C13H16OS. The summed E-state index contributed by atoms with van der Waals surface area (Å²) in [6, 6.07) is 9.71. The summed E-state index contributed by atoms with van der Waals surface area (Å²) >= 11 is 1.29. The molecule has 2 heteroatoms. The van der Waals surface area contributed by atoms with Gasteiger partial charge in [-0.05, 0) is 25.5 Å². The van der Waals surface area contributed by atoms with Crippen LogP contribution in [0.2, 0.25) is 0 Å². The molecule has 1 nitrogen and oxygen atoms in total. The lowest BCUT2D eigenvalue weighted by Gasteiger charge is -2.21. The van der Waals surface area contributed by atoms with Gasteiger partial charge in [0, 0.05) is 4.90 Å². The van der Waals surface area contributed by atoms with Gasteiger partial charge in [-0.1, -0.05) is 43.0 Å². The minimum Gasteiger partial charge on any atom is -0.286 e. The largest absolute Gasteiger partial charge is 0.286 e. The maximum Gasteiger partial charge on any atom is 0.203 e. The van der Waals surface area contributed by atoms with Gasteiger partial charge in [0.25, 0.3) is 0 Å². The number of hydrogen-bond acceptors (Lipinski definition) is 2. The molecule has 0 amide bonds. The fraction of sp³-hybridized carbons (Fsp3) is 0.308. The van der Waals surface area contributed by atoms with Crippen molar-refractivity contribution in [3.63, 3.8) is 0 Å². The van der Waals surface area contributed by atoms with Gasteiger partial charge in [-0.3, -0.25) is 4.79 Å². The van der Waals surface area contributed by atoms with Gasteiger partial charge in [-0.25, -0.2) is 0 Å². The summed E-state index contributed by atoms with van der Waals surface area (Å²) in [6.07, 6.45) is 2.53. The zero-order valence-corrected chi connectivity index (χ0v) is 10.0. The number of allylic oxidation sites excluding steroid dienone is 1. The van der Waals surface area contributed by atoms with Crippen LogP contribution in [-0.4, -0.2) is 5.12 Å². The molecule has 0 saturated carbocycles. The fourth-order valence-corrected chi connectivity index (χ4v) is 2.05. The Bertz CT molecular complexity index is 345. The van der Waals surface area contributed by atoms with Gasteiger partial charge in [0.1, 0.15) is 0 Å². The highest BCUT2D eigenvalue weighted by atomic mass is 32.2. The highest BCUT2D eigenvalue weighted by Gasteiger charge is 2.28. The predicted molar refractivity (Wildman–Crippen MR) is 65.9 cm³/mol. The Morgan fingerprint density at radius 3 is 2.53 bits per heavy atom. The summed E-state index contributed by atoms with van der Waals surface area (Å²) in [7, 11) is 0. The van der Waals surface area contributed by atoms with E-state index in [-0.39, 0.29) is 5.12 Å². The Hall–Kier alpha value is -1.02. The Kier molecular flexibility index (Phi) is 4.15. The Labute approximate surface area is 95.6 Å². The lowest BCUT2D eigenvalue weighted by molar-refractivity contribution is -0.116. The molecular weight excluding hydrogens is 204 g/mol. The molecule has 1 unspecified atom stereocenters. The molecule has 0 N–H and O–H groups in total. The zero-order chi connectivity index (χ0) is 11.3. The van der Waals surface area contributed by atoms with Crippen molar-refractivity contribution in [2.45, 2.75) is 25.2 Å². The van der Waals surface area contributed by atoms with Crippen LogP contribution in [0.5, 0.6) is 0 Å². The molecule has 1 rings (SSSR count). The van der Waals surface area contributed by atoms with Crippen molar-refractivity contribution in [1.29, 1.82) is 0 Å². The summed E-state index contributed by atoms with van der Waals surface area (Å²) < 4.78 is 0. The second kappa shape index (κ2) is 5.17. The Balaban J connectivity index is 2.75. The van der Waals surface area contributed by atoms with E-state index in [0.29, 0.717) is 0 Å². The van der Waals surface area contributed by atoms with Gasteiger partial charge >= 0.3 is 0 Å². The summed E-state index contributed by atoms with van der Waals surface area (Å²) in [6.45, 7) is 7.67. The molecule has 0 radical (unpaired) electrons. The summed E-state index contributed by atoms with van der Waals surface area (Å²) in [5.41, 5.74) is -0.416. The Morgan fingerprint density at radius 2 is 2.07 bits per heavy atom. The van der Waals surface area contributed by atoms with Crippen molar-refractivity contribution >= 4 is 16.9 Å². The van der Waals surface area contributed by atoms with Crippen LogP contribution in [0.4, 0.5) is 0 Å².